The average molecular weight is 403 g/mol. The number of fused-ring (bicyclic) bond motifs is 1. The summed E-state index contributed by atoms with van der Waals surface area (Å²) in [5, 5.41) is 0. The van der Waals surface area contributed by atoms with Crippen molar-refractivity contribution in [2.24, 2.45) is 12.8 Å². The Balaban J connectivity index is 2.01. The van der Waals surface area contributed by atoms with Gasteiger partial charge in [0.1, 0.15) is 11.3 Å². The number of aromatic nitrogens is 4. The van der Waals surface area contributed by atoms with E-state index in [0.717, 1.165) is 11.1 Å². The Kier molecular flexibility index (Phi) is 4.83. The van der Waals surface area contributed by atoms with Crippen LogP contribution in [-0.4, -0.2) is 31.6 Å². The summed E-state index contributed by atoms with van der Waals surface area (Å²) >= 11 is 0. The van der Waals surface area contributed by atoms with Crippen LogP contribution in [0.4, 0.5) is 0 Å². The molecule has 152 valence electrons. The van der Waals surface area contributed by atoms with Gasteiger partial charge in [-0.25, -0.2) is 19.3 Å². The van der Waals surface area contributed by atoms with E-state index in [1.165, 1.54) is 9.13 Å². The highest BCUT2D eigenvalue weighted by molar-refractivity contribution is 6.02. The summed E-state index contributed by atoms with van der Waals surface area (Å²) < 4.78 is 8.26. The smallest absolute Gasteiger partial charge is 0.334 e. The first-order valence-electron chi connectivity index (χ1n) is 9.50. The molecule has 0 aliphatic heterocycles. The van der Waals surface area contributed by atoms with Crippen molar-refractivity contribution in [3.8, 4) is 22.8 Å². The lowest BCUT2D eigenvalue weighted by molar-refractivity contribution is 0.0997. The van der Waals surface area contributed by atoms with Gasteiger partial charge in [-0.05, 0) is 38.1 Å². The minimum Gasteiger partial charge on any atom is -0.494 e. The maximum Gasteiger partial charge on any atom is 0.334 e. The van der Waals surface area contributed by atoms with E-state index in [-0.39, 0.29) is 16.9 Å². The number of carbonyl (C=O) groups is 1. The van der Waals surface area contributed by atoms with Gasteiger partial charge in [0.05, 0.1) is 12.3 Å². The molecule has 0 spiro atoms. The molecular weight excluding hydrogens is 382 g/mol. The van der Waals surface area contributed by atoms with E-state index in [1.807, 2.05) is 38.1 Å². The topological polar surface area (TPSA) is 105 Å². The van der Waals surface area contributed by atoms with Gasteiger partial charge >= 0.3 is 5.69 Å². The fraction of sp³-hybridized carbons (Fsp3) is 0.182. The molecule has 4 rings (SSSR count). The second-order valence-electron chi connectivity index (χ2n) is 6.90. The van der Waals surface area contributed by atoms with Crippen LogP contribution >= 0.6 is 0 Å². The predicted molar refractivity (Wildman–Crippen MR) is 114 cm³/mol. The Hall–Kier alpha value is -3.94. The van der Waals surface area contributed by atoms with Crippen molar-refractivity contribution in [3.63, 3.8) is 0 Å². The number of imidazole rings is 1. The highest BCUT2D eigenvalue weighted by Crippen LogP contribution is 2.24. The predicted octanol–water partition coefficient (Wildman–Crippen LogP) is 2.59. The van der Waals surface area contributed by atoms with E-state index in [4.69, 9.17) is 10.5 Å². The molecule has 2 heterocycles. The SMILES string of the molecule is CCOc1ccc(-n2c(=O)n(C)c3c(C(N)=O)nc(-c4ccc(C)cc4)nc32)cc1. The Morgan fingerprint density at radius 2 is 1.73 bits per heavy atom. The number of carbonyl (C=O) groups excluding carboxylic acids is 1. The number of benzene rings is 2. The van der Waals surface area contributed by atoms with Crippen LogP contribution in [0.25, 0.3) is 28.2 Å². The molecule has 0 aliphatic carbocycles. The first-order chi connectivity index (χ1) is 14.4. The molecule has 8 heteroatoms. The third-order valence-corrected chi connectivity index (χ3v) is 4.84. The fourth-order valence-electron chi connectivity index (χ4n) is 3.34. The molecular formula is C22H21N5O3. The highest BCUT2D eigenvalue weighted by atomic mass is 16.5. The van der Waals surface area contributed by atoms with Gasteiger partial charge in [-0.2, -0.15) is 0 Å². The van der Waals surface area contributed by atoms with Gasteiger partial charge in [0.2, 0.25) is 0 Å². The van der Waals surface area contributed by atoms with E-state index in [0.29, 0.717) is 29.5 Å². The van der Waals surface area contributed by atoms with E-state index in [9.17, 15) is 9.59 Å². The lowest BCUT2D eigenvalue weighted by Crippen LogP contribution is -2.21. The molecule has 0 saturated carbocycles. The van der Waals surface area contributed by atoms with Gasteiger partial charge < -0.3 is 10.5 Å². The third-order valence-electron chi connectivity index (χ3n) is 4.84. The first kappa shape index (κ1) is 19.4. The van der Waals surface area contributed by atoms with E-state index in [1.54, 1.807) is 31.3 Å². The zero-order chi connectivity index (χ0) is 21.4. The summed E-state index contributed by atoms with van der Waals surface area (Å²) in [6, 6.07) is 14.7. The number of primary amides is 1. The van der Waals surface area contributed by atoms with Crippen molar-refractivity contribution in [3.05, 3.63) is 70.3 Å². The van der Waals surface area contributed by atoms with Crippen molar-refractivity contribution in [2.75, 3.05) is 6.61 Å². The summed E-state index contributed by atoms with van der Waals surface area (Å²) in [6.45, 7) is 4.42. The number of hydrogen-bond donors (Lipinski definition) is 1. The number of ether oxygens (including phenoxy) is 1. The summed E-state index contributed by atoms with van der Waals surface area (Å²) in [5.41, 5.74) is 8.25. The molecule has 1 amide bonds. The molecule has 2 N–H and O–H groups in total. The maximum atomic E-state index is 13.0. The lowest BCUT2D eigenvalue weighted by Gasteiger charge is -2.08. The number of amides is 1. The number of hydrogen-bond acceptors (Lipinski definition) is 5. The molecule has 0 atom stereocenters. The van der Waals surface area contributed by atoms with Crippen LogP contribution in [0, 0.1) is 6.92 Å². The summed E-state index contributed by atoms with van der Waals surface area (Å²) in [4.78, 5) is 34.2. The molecule has 0 radical (unpaired) electrons. The molecule has 0 fully saturated rings. The third kappa shape index (κ3) is 3.22. The standard InChI is InChI=1S/C22H21N5O3/c1-4-30-16-11-9-15(10-12-16)27-21-18(26(3)22(27)29)17(19(23)28)24-20(25-21)14-7-5-13(2)6-8-14/h5-12H,4H2,1-3H3,(H2,23,28). The Bertz CT molecular complexity index is 1300. The Morgan fingerprint density at radius 3 is 2.33 bits per heavy atom. The van der Waals surface area contributed by atoms with Gasteiger partial charge in [0.15, 0.2) is 17.2 Å². The molecule has 2 aromatic heterocycles. The van der Waals surface area contributed by atoms with Crippen LogP contribution < -0.4 is 16.2 Å². The Labute approximate surface area is 172 Å². The maximum absolute atomic E-state index is 13.0. The zero-order valence-corrected chi connectivity index (χ0v) is 16.9. The largest absolute Gasteiger partial charge is 0.494 e. The van der Waals surface area contributed by atoms with Gasteiger partial charge in [0, 0.05) is 12.6 Å². The van der Waals surface area contributed by atoms with E-state index >= 15 is 0 Å². The lowest BCUT2D eigenvalue weighted by atomic mass is 10.1. The van der Waals surface area contributed by atoms with E-state index in [2.05, 4.69) is 9.97 Å². The van der Waals surface area contributed by atoms with Gasteiger partial charge in [-0.1, -0.05) is 29.8 Å². The molecule has 0 unspecified atom stereocenters. The van der Waals surface area contributed by atoms with Gasteiger partial charge in [-0.3, -0.25) is 9.36 Å². The van der Waals surface area contributed by atoms with E-state index < -0.39 is 5.91 Å². The molecule has 30 heavy (non-hydrogen) atoms. The van der Waals surface area contributed by atoms with Crippen LogP contribution in [0.3, 0.4) is 0 Å². The summed E-state index contributed by atoms with van der Waals surface area (Å²) in [6.07, 6.45) is 0. The summed E-state index contributed by atoms with van der Waals surface area (Å²) in [5.74, 6) is 0.291. The second kappa shape index (κ2) is 7.47. The number of aryl methyl sites for hydroxylation is 2. The zero-order valence-electron chi connectivity index (χ0n) is 16.9. The van der Waals surface area contributed by atoms with Crippen LogP contribution in [0.1, 0.15) is 23.0 Å². The Morgan fingerprint density at radius 1 is 1.07 bits per heavy atom. The van der Waals surface area contributed by atoms with Gasteiger partial charge in [0.25, 0.3) is 5.91 Å². The highest BCUT2D eigenvalue weighted by Gasteiger charge is 2.22. The minimum atomic E-state index is -0.727. The molecule has 0 bridgehead atoms. The number of nitrogens with zero attached hydrogens (tertiary/aromatic N) is 4. The molecule has 2 aromatic carbocycles. The second-order valence-corrected chi connectivity index (χ2v) is 6.90. The van der Waals surface area contributed by atoms with Crippen molar-refractivity contribution in [2.45, 2.75) is 13.8 Å². The van der Waals surface area contributed by atoms with Crippen molar-refractivity contribution >= 4 is 17.1 Å². The van der Waals surface area contributed by atoms with Gasteiger partial charge in [-0.15, -0.1) is 0 Å². The first-order valence-corrected chi connectivity index (χ1v) is 9.50. The van der Waals surface area contributed by atoms with Crippen molar-refractivity contribution < 1.29 is 9.53 Å². The fourth-order valence-corrected chi connectivity index (χ4v) is 3.34. The van der Waals surface area contributed by atoms with Crippen LogP contribution in [0.15, 0.2) is 53.3 Å². The van der Waals surface area contributed by atoms with Crippen molar-refractivity contribution in [1.82, 2.24) is 19.1 Å². The number of nitrogens with two attached hydrogens (primary N) is 1. The summed E-state index contributed by atoms with van der Waals surface area (Å²) in [7, 11) is 1.57. The quantitative estimate of drug-likeness (QED) is 0.551. The number of rotatable bonds is 5. The monoisotopic (exact) mass is 403 g/mol. The van der Waals surface area contributed by atoms with Crippen LogP contribution in [-0.2, 0) is 7.05 Å². The van der Waals surface area contributed by atoms with Crippen LogP contribution in [0.5, 0.6) is 5.75 Å². The van der Waals surface area contributed by atoms with Crippen LogP contribution in [0.2, 0.25) is 0 Å². The molecule has 0 aliphatic rings. The molecule has 8 nitrogen and oxygen atoms in total. The molecule has 4 aromatic rings. The normalized spacial score (nSPS) is 11.0. The molecule has 0 saturated heterocycles. The van der Waals surface area contributed by atoms with Crippen molar-refractivity contribution in [1.29, 1.82) is 0 Å². The minimum absolute atomic E-state index is 0.000128. The average Bonchev–Trinajstić information content (AvgIpc) is 2.99.